The number of rotatable bonds is 4. The van der Waals surface area contributed by atoms with E-state index in [-0.39, 0.29) is 5.28 Å². The Bertz CT molecular complexity index is 764. The zero-order valence-electron chi connectivity index (χ0n) is 13.6. The van der Waals surface area contributed by atoms with Crippen LogP contribution in [-0.4, -0.2) is 35.8 Å². The van der Waals surface area contributed by atoms with Gasteiger partial charge in [-0.2, -0.15) is 4.98 Å². The minimum absolute atomic E-state index is 0.214. The monoisotopic (exact) mass is 364 g/mol. The van der Waals surface area contributed by atoms with Crippen LogP contribution in [0.4, 0.5) is 11.5 Å². The lowest BCUT2D eigenvalue weighted by molar-refractivity contribution is 0.394. The Morgan fingerprint density at radius 2 is 1.88 bits per heavy atom. The van der Waals surface area contributed by atoms with E-state index >= 15 is 0 Å². The van der Waals surface area contributed by atoms with Crippen LogP contribution in [0.25, 0.3) is 0 Å². The maximum atomic E-state index is 5.94. The Morgan fingerprint density at radius 3 is 2.46 bits per heavy atom. The molecule has 1 aromatic heterocycles. The summed E-state index contributed by atoms with van der Waals surface area (Å²) < 4.78 is 10.7. The van der Waals surface area contributed by atoms with E-state index in [1.807, 2.05) is 34.9 Å². The van der Waals surface area contributed by atoms with Gasteiger partial charge in [0.2, 0.25) is 5.28 Å². The quantitative estimate of drug-likeness (QED) is 0.609. The van der Waals surface area contributed by atoms with Gasteiger partial charge in [-0.1, -0.05) is 0 Å². The third kappa shape index (κ3) is 2.97. The lowest BCUT2D eigenvalue weighted by Gasteiger charge is -2.38. The van der Waals surface area contributed by atoms with Gasteiger partial charge in [0, 0.05) is 36.5 Å². The average Bonchev–Trinajstić information content (AvgIpc) is 2.60. The van der Waals surface area contributed by atoms with Gasteiger partial charge in [0.15, 0.2) is 5.11 Å². The molecule has 0 radical (unpaired) electrons. The Hall–Kier alpha value is -2.12. The third-order valence-electron chi connectivity index (χ3n) is 3.82. The molecule has 0 amide bonds. The van der Waals surface area contributed by atoms with Gasteiger partial charge >= 0.3 is 0 Å². The SMILES string of the molecule is CCN1C(=S)N(c2cc(OC)cc(OC)c2)Cc2cnc(Cl)nc21. The highest BCUT2D eigenvalue weighted by Crippen LogP contribution is 2.34. The summed E-state index contributed by atoms with van der Waals surface area (Å²) in [6, 6.07) is 5.67. The molecule has 2 aromatic rings. The molecule has 0 saturated heterocycles. The van der Waals surface area contributed by atoms with Crippen molar-refractivity contribution in [1.29, 1.82) is 0 Å². The Kier molecular flexibility index (Phi) is 4.73. The summed E-state index contributed by atoms with van der Waals surface area (Å²) in [5.74, 6) is 2.16. The van der Waals surface area contributed by atoms with Gasteiger partial charge in [0.05, 0.1) is 26.5 Å². The summed E-state index contributed by atoms with van der Waals surface area (Å²) >= 11 is 11.6. The van der Waals surface area contributed by atoms with Crippen molar-refractivity contribution in [2.45, 2.75) is 13.5 Å². The molecule has 126 valence electrons. The summed E-state index contributed by atoms with van der Waals surface area (Å²) in [5.41, 5.74) is 1.84. The Balaban J connectivity index is 2.06. The highest BCUT2D eigenvalue weighted by molar-refractivity contribution is 7.80. The van der Waals surface area contributed by atoms with Gasteiger partial charge in [-0.15, -0.1) is 0 Å². The number of thiocarbonyl (C=S) groups is 1. The van der Waals surface area contributed by atoms with E-state index in [0.29, 0.717) is 29.7 Å². The molecule has 0 bridgehead atoms. The predicted octanol–water partition coefficient (Wildman–Crippen LogP) is 3.28. The summed E-state index contributed by atoms with van der Waals surface area (Å²) in [6.45, 7) is 3.25. The molecule has 8 heteroatoms. The minimum atomic E-state index is 0.214. The van der Waals surface area contributed by atoms with Crippen molar-refractivity contribution in [1.82, 2.24) is 9.97 Å². The van der Waals surface area contributed by atoms with Gasteiger partial charge in [-0.05, 0) is 30.7 Å². The molecular formula is C16H17ClN4O2S. The summed E-state index contributed by atoms with van der Waals surface area (Å²) in [5, 5.41) is 0.863. The topological polar surface area (TPSA) is 50.7 Å². The Labute approximate surface area is 151 Å². The van der Waals surface area contributed by atoms with Crippen LogP contribution in [-0.2, 0) is 6.54 Å². The van der Waals surface area contributed by atoms with Crippen LogP contribution in [0.5, 0.6) is 11.5 Å². The van der Waals surface area contributed by atoms with Crippen LogP contribution in [0.2, 0.25) is 5.28 Å². The van der Waals surface area contributed by atoms with E-state index in [9.17, 15) is 0 Å². The summed E-state index contributed by atoms with van der Waals surface area (Å²) in [7, 11) is 3.24. The second kappa shape index (κ2) is 6.78. The minimum Gasteiger partial charge on any atom is -0.497 e. The number of nitrogens with zero attached hydrogens (tertiary/aromatic N) is 4. The highest BCUT2D eigenvalue weighted by atomic mass is 35.5. The van der Waals surface area contributed by atoms with Crippen LogP contribution in [0.3, 0.4) is 0 Å². The standard InChI is InChI=1S/C16H17ClN4O2S/c1-4-20-14-10(8-18-15(17)19-14)9-21(16(20)24)11-5-12(22-2)7-13(6-11)23-3/h5-8H,4,9H2,1-3H3. The number of fused-ring (bicyclic) bond motifs is 1. The second-order valence-electron chi connectivity index (χ2n) is 5.17. The number of anilines is 2. The summed E-state index contributed by atoms with van der Waals surface area (Å²) in [6.07, 6.45) is 1.74. The normalized spacial score (nSPS) is 13.8. The molecule has 0 fully saturated rings. The fourth-order valence-electron chi connectivity index (χ4n) is 2.63. The van der Waals surface area contributed by atoms with Gasteiger partial charge in [-0.25, -0.2) is 4.98 Å². The first-order valence-electron chi connectivity index (χ1n) is 7.41. The molecule has 0 N–H and O–H groups in total. The number of methoxy groups -OCH3 is 2. The first-order valence-corrected chi connectivity index (χ1v) is 8.19. The van der Waals surface area contributed by atoms with Crippen molar-refractivity contribution < 1.29 is 9.47 Å². The molecular weight excluding hydrogens is 348 g/mol. The molecule has 0 aliphatic carbocycles. The maximum absolute atomic E-state index is 5.94. The number of benzene rings is 1. The van der Waals surface area contributed by atoms with Gasteiger partial charge < -0.3 is 19.3 Å². The third-order valence-corrected chi connectivity index (χ3v) is 4.45. The van der Waals surface area contributed by atoms with Crippen molar-refractivity contribution in [2.24, 2.45) is 0 Å². The lowest BCUT2D eigenvalue weighted by Crippen LogP contribution is -2.47. The average molecular weight is 365 g/mol. The molecule has 1 aliphatic heterocycles. The molecule has 24 heavy (non-hydrogen) atoms. The molecule has 1 aliphatic rings. The fourth-order valence-corrected chi connectivity index (χ4v) is 3.15. The van der Waals surface area contributed by atoms with Crippen molar-refractivity contribution in [3.8, 4) is 11.5 Å². The van der Waals surface area contributed by atoms with Crippen LogP contribution in [0.15, 0.2) is 24.4 Å². The molecule has 0 atom stereocenters. The molecule has 0 saturated carbocycles. The van der Waals surface area contributed by atoms with Crippen LogP contribution in [0.1, 0.15) is 12.5 Å². The van der Waals surface area contributed by atoms with Crippen LogP contribution >= 0.6 is 23.8 Å². The molecule has 3 rings (SSSR count). The lowest BCUT2D eigenvalue weighted by atomic mass is 10.2. The first kappa shape index (κ1) is 16.7. The zero-order chi connectivity index (χ0) is 17.3. The maximum Gasteiger partial charge on any atom is 0.224 e. The summed E-state index contributed by atoms with van der Waals surface area (Å²) in [4.78, 5) is 12.4. The number of hydrogen-bond donors (Lipinski definition) is 0. The van der Waals surface area contributed by atoms with Crippen molar-refractivity contribution in [3.63, 3.8) is 0 Å². The number of ether oxygens (including phenoxy) is 2. The van der Waals surface area contributed by atoms with E-state index in [0.717, 1.165) is 17.1 Å². The largest absolute Gasteiger partial charge is 0.497 e. The van der Waals surface area contributed by atoms with E-state index in [1.54, 1.807) is 20.4 Å². The van der Waals surface area contributed by atoms with Gasteiger partial charge in [-0.3, -0.25) is 0 Å². The first-order chi connectivity index (χ1) is 11.6. The van der Waals surface area contributed by atoms with Crippen molar-refractivity contribution in [2.75, 3.05) is 30.6 Å². The molecule has 6 nitrogen and oxygen atoms in total. The molecule has 1 aromatic carbocycles. The second-order valence-corrected chi connectivity index (χ2v) is 5.87. The number of hydrogen-bond acceptors (Lipinski definition) is 5. The fraction of sp³-hybridized carbons (Fsp3) is 0.312. The van der Waals surface area contributed by atoms with Crippen LogP contribution < -0.4 is 19.3 Å². The van der Waals surface area contributed by atoms with Gasteiger partial charge in [0.1, 0.15) is 17.3 Å². The Morgan fingerprint density at radius 1 is 1.21 bits per heavy atom. The van der Waals surface area contributed by atoms with E-state index in [1.165, 1.54) is 0 Å². The molecule has 0 spiro atoms. The van der Waals surface area contributed by atoms with Gasteiger partial charge in [0.25, 0.3) is 0 Å². The zero-order valence-corrected chi connectivity index (χ0v) is 15.2. The number of halogens is 1. The molecule has 2 heterocycles. The predicted molar refractivity (Wildman–Crippen MR) is 98.4 cm³/mol. The van der Waals surface area contributed by atoms with Crippen molar-refractivity contribution in [3.05, 3.63) is 35.2 Å². The van der Waals surface area contributed by atoms with E-state index in [2.05, 4.69) is 9.97 Å². The highest BCUT2D eigenvalue weighted by Gasteiger charge is 2.29. The number of aromatic nitrogens is 2. The van der Waals surface area contributed by atoms with Crippen molar-refractivity contribution >= 4 is 40.4 Å². The van der Waals surface area contributed by atoms with E-state index in [4.69, 9.17) is 33.3 Å². The molecule has 0 unspecified atom stereocenters. The van der Waals surface area contributed by atoms with Crippen LogP contribution in [0, 0.1) is 0 Å². The smallest absolute Gasteiger partial charge is 0.224 e. The van der Waals surface area contributed by atoms with E-state index < -0.39 is 0 Å².